The highest BCUT2D eigenvalue weighted by atomic mass is 16.5. The minimum absolute atomic E-state index is 0.139. The first-order valence-corrected chi connectivity index (χ1v) is 10.2. The Kier molecular flexibility index (Phi) is 5.89. The number of hydrogen-bond acceptors (Lipinski definition) is 4. The molecule has 1 atom stereocenters. The standard InChI is InChI=1S/C23H25N3O3/c27-22-21(26-23(28)29-15-16-9-3-1-4-10-16)25-20(17-11-5-2-6-12-17)18-13-7-8-14-19(18)24-22/h1,3-4,7-10,13-14,17,21H,2,5-6,11-12,15H2,(H,24,27)(H,26,28)/t21-/m0/s1. The molecule has 0 aromatic heterocycles. The van der Waals surface area contributed by atoms with Crippen LogP contribution in [0.4, 0.5) is 10.5 Å². The number of nitrogens with one attached hydrogen (secondary N) is 2. The van der Waals surface area contributed by atoms with E-state index >= 15 is 0 Å². The lowest BCUT2D eigenvalue weighted by molar-refractivity contribution is -0.117. The lowest BCUT2D eigenvalue weighted by Gasteiger charge is -2.24. The molecule has 150 valence electrons. The van der Waals surface area contributed by atoms with Gasteiger partial charge in [-0.25, -0.2) is 4.79 Å². The van der Waals surface area contributed by atoms with Crippen molar-refractivity contribution in [2.45, 2.75) is 44.9 Å². The van der Waals surface area contributed by atoms with Crippen molar-refractivity contribution < 1.29 is 14.3 Å². The van der Waals surface area contributed by atoms with Crippen LogP contribution in [0, 0.1) is 5.92 Å². The SMILES string of the molecule is O=C(N[C@@H]1N=C(C2CCCCC2)c2ccccc2NC1=O)OCc1ccccc1. The van der Waals surface area contributed by atoms with E-state index in [1.54, 1.807) is 0 Å². The Balaban J connectivity index is 1.52. The van der Waals surface area contributed by atoms with Gasteiger partial charge in [-0.1, -0.05) is 67.8 Å². The number of carbonyl (C=O) groups is 2. The van der Waals surface area contributed by atoms with Crippen molar-refractivity contribution in [3.8, 4) is 0 Å². The molecule has 1 saturated carbocycles. The molecule has 0 saturated heterocycles. The van der Waals surface area contributed by atoms with Gasteiger partial charge in [0.25, 0.3) is 5.91 Å². The first kappa shape index (κ1) is 19.2. The average Bonchev–Trinajstić information content (AvgIpc) is 2.90. The van der Waals surface area contributed by atoms with Crippen LogP contribution >= 0.6 is 0 Å². The van der Waals surface area contributed by atoms with Crippen molar-refractivity contribution in [2.75, 3.05) is 5.32 Å². The Bertz CT molecular complexity index is 905. The molecule has 1 heterocycles. The second-order valence-corrected chi connectivity index (χ2v) is 7.49. The zero-order valence-corrected chi connectivity index (χ0v) is 16.3. The number of benzodiazepines with no additional fused rings is 1. The first-order chi connectivity index (χ1) is 14.2. The summed E-state index contributed by atoms with van der Waals surface area (Å²) in [5.41, 5.74) is 3.46. The fourth-order valence-corrected chi connectivity index (χ4v) is 3.96. The van der Waals surface area contributed by atoms with E-state index in [0.717, 1.165) is 48.2 Å². The topological polar surface area (TPSA) is 79.8 Å². The molecule has 0 spiro atoms. The molecule has 1 fully saturated rings. The number of ether oxygens (including phenoxy) is 1. The molecule has 2 aromatic rings. The van der Waals surface area contributed by atoms with Gasteiger partial charge in [0.15, 0.2) is 0 Å². The van der Waals surface area contributed by atoms with Crippen LogP contribution in [0.5, 0.6) is 0 Å². The van der Waals surface area contributed by atoms with Crippen LogP contribution in [0.25, 0.3) is 0 Å². The third-order valence-corrected chi connectivity index (χ3v) is 5.44. The number of fused-ring (bicyclic) bond motifs is 1. The predicted molar refractivity (Wildman–Crippen MR) is 112 cm³/mol. The number of nitrogens with zero attached hydrogens (tertiary/aromatic N) is 1. The summed E-state index contributed by atoms with van der Waals surface area (Å²) < 4.78 is 5.28. The molecular formula is C23H25N3O3. The maximum Gasteiger partial charge on any atom is 0.409 e. The molecule has 0 unspecified atom stereocenters. The minimum atomic E-state index is -1.01. The van der Waals surface area contributed by atoms with E-state index in [1.807, 2.05) is 54.6 Å². The third kappa shape index (κ3) is 4.65. The van der Waals surface area contributed by atoms with Gasteiger partial charge >= 0.3 is 6.09 Å². The smallest absolute Gasteiger partial charge is 0.409 e. The second kappa shape index (κ2) is 8.90. The summed E-state index contributed by atoms with van der Waals surface area (Å²) in [7, 11) is 0. The number of carbonyl (C=O) groups excluding carboxylic acids is 2. The summed E-state index contributed by atoms with van der Waals surface area (Å²) in [4.78, 5) is 29.8. The van der Waals surface area contributed by atoms with Crippen molar-refractivity contribution in [3.05, 3.63) is 65.7 Å². The summed E-state index contributed by atoms with van der Waals surface area (Å²) >= 11 is 0. The van der Waals surface area contributed by atoms with Gasteiger partial charge < -0.3 is 10.1 Å². The van der Waals surface area contributed by atoms with E-state index < -0.39 is 12.3 Å². The number of amides is 2. The Morgan fingerprint density at radius 1 is 1.03 bits per heavy atom. The number of alkyl carbamates (subject to hydrolysis) is 1. The molecule has 6 nitrogen and oxygen atoms in total. The van der Waals surface area contributed by atoms with E-state index in [4.69, 9.17) is 9.73 Å². The van der Waals surface area contributed by atoms with Crippen LogP contribution in [-0.2, 0) is 16.1 Å². The molecule has 0 radical (unpaired) electrons. The van der Waals surface area contributed by atoms with Crippen LogP contribution in [0.15, 0.2) is 59.6 Å². The minimum Gasteiger partial charge on any atom is -0.445 e. The number of anilines is 1. The Hall–Kier alpha value is -3.15. The van der Waals surface area contributed by atoms with Gasteiger partial charge in [-0.05, 0) is 24.5 Å². The number of hydrogen-bond donors (Lipinski definition) is 2. The van der Waals surface area contributed by atoms with Crippen LogP contribution in [0.2, 0.25) is 0 Å². The first-order valence-electron chi connectivity index (χ1n) is 10.2. The quantitative estimate of drug-likeness (QED) is 0.817. The van der Waals surface area contributed by atoms with Crippen molar-refractivity contribution in [1.29, 1.82) is 0 Å². The number of para-hydroxylation sites is 1. The van der Waals surface area contributed by atoms with Crippen molar-refractivity contribution in [2.24, 2.45) is 10.9 Å². The lowest BCUT2D eigenvalue weighted by Crippen LogP contribution is -2.42. The molecular weight excluding hydrogens is 366 g/mol. The third-order valence-electron chi connectivity index (χ3n) is 5.44. The molecule has 2 aromatic carbocycles. The monoisotopic (exact) mass is 391 g/mol. The van der Waals surface area contributed by atoms with E-state index in [1.165, 1.54) is 6.42 Å². The van der Waals surface area contributed by atoms with Crippen LogP contribution in [-0.4, -0.2) is 23.9 Å². The van der Waals surface area contributed by atoms with Gasteiger partial charge in [0.1, 0.15) is 6.61 Å². The van der Waals surface area contributed by atoms with Gasteiger partial charge in [0.2, 0.25) is 6.17 Å². The second-order valence-electron chi connectivity index (χ2n) is 7.49. The van der Waals surface area contributed by atoms with E-state index in [2.05, 4.69) is 10.6 Å². The molecule has 29 heavy (non-hydrogen) atoms. The van der Waals surface area contributed by atoms with Crippen molar-refractivity contribution in [3.63, 3.8) is 0 Å². The fourth-order valence-electron chi connectivity index (χ4n) is 3.96. The highest BCUT2D eigenvalue weighted by Crippen LogP contribution is 2.31. The van der Waals surface area contributed by atoms with Crippen LogP contribution < -0.4 is 10.6 Å². The summed E-state index contributed by atoms with van der Waals surface area (Å²) in [6.45, 7) is 0.139. The average molecular weight is 391 g/mol. The molecule has 6 heteroatoms. The van der Waals surface area contributed by atoms with E-state index in [9.17, 15) is 9.59 Å². The molecule has 1 aliphatic carbocycles. The largest absolute Gasteiger partial charge is 0.445 e. The van der Waals surface area contributed by atoms with E-state index in [0.29, 0.717) is 5.92 Å². The van der Waals surface area contributed by atoms with Crippen molar-refractivity contribution >= 4 is 23.4 Å². The molecule has 2 aliphatic rings. The normalized spacial score (nSPS) is 19.4. The number of aliphatic imine (C=N–C) groups is 1. The number of rotatable bonds is 4. The summed E-state index contributed by atoms with van der Waals surface area (Å²) in [6, 6.07) is 17.1. The van der Waals surface area contributed by atoms with Gasteiger partial charge in [-0.15, -0.1) is 0 Å². The van der Waals surface area contributed by atoms with Crippen LogP contribution in [0.3, 0.4) is 0 Å². The maximum atomic E-state index is 12.7. The summed E-state index contributed by atoms with van der Waals surface area (Å²) in [5, 5.41) is 5.52. The highest BCUT2D eigenvalue weighted by molar-refractivity contribution is 6.13. The molecule has 1 aliphatic heterocycles. The van der Waals surface area contributed by atoms with Gasteiger partial charge in [0.05, 0.1) is 5.71 Å². The van der Waals surface area contributed by atoms with Gasteiger partial charge in [0, 0.05) is 17.2 Å². The van der Waals surface area contributed by atoms with Crippen LogP contribution in [0.1, 0.15) is 43.2 Å². The maximum absolute atomic E-state index is 12.7. The Morgan fingerprint density at radius 2 is 1.76 bits per heavy atom. The highest BCUT2D eigenvalue weighted by Gasteiger charge is 2.30. The van der Waals surface area contributed by atoms with Gasteiger partial charge in [-0.2, -0.15) is 0 Å². The summed E-state index contributed by atoms with van der Waals surface area (Å²) in [6.07, 6.45) is 3.97. The van der Waals surface area contributed by atoms with Gasteiger partial charge in [-0.3, -0.25) is 15.1 Å². The van der Waals surface area contributed by atoms with Crippen molar-refractivity contribution in [1.82, 2.24) is 5.32 Å². The zero-order chi connectivity index (χ0) is 20.1. The lowest BCUT2D eigenvalue weighted by atomic mass is 9.83. The molecule has 2 N–H and O–H groups in total. The predicted octanol–water partition coefficient (Wildman–Crippen LogP) is 4.26. The summed E-state index contributed by atoms with van der Waals surface area (Å²) in [5.74, 6) is -0.0674. The molecule has 4 rings (SSSR count). The fraction of sp³-hybridized carbons (Fsp3) is 0.348. The van der Waals surface area contributed by atoms with E-state index in [-0.39, 0.29) is 12.5 Å². The number of benzene rings is 2. The Labute approximate surface area is 170 Å². The Morgan fingerprint density at radius 3 is 2.55 bits per heavy atom. The molecule has 2 amide bonds. The zero-order valence-electron chi connectivity index (χ0n) is 16.3. The molecule has 0 bridgehead atoms.